The van der Waals surface area contributed by atoms with Gasteiger partial charge in [-0.25, -0.2) is 4.98 Å². The second kappa shape index (κ2) is 10.6. The fraction of sp³-hybridized carbons (Fsp3) is 0.333. The summed E-state index contributed by atoms with van der Waals surface area (Å²) in [4.78, 5) is 20.0. The van der Waals surface area contributed by atoms with Gasteiger partial charge in [0.05, 0.1) is 15.6 Å². The van der Waals surface area contributed by atoms with Crippen molar-refractivity contribution in [2.75, 3.05) is 18.9 Å². The molecule has 1 amide bonds. The fourth-order valence-electron chi connectivity index (χ4n) is 3.63. The van der Waals surface area contributed by atoms with E-state index in [0.29, 0.717) is 40.9 Å². The summed E-state index contributed by atoms with van der Waals surface area (Å²) in [5, 5.41) is 4.10. The summed E-state index contributed by atoms with van der Waals surface area (Å²) in [6.45, 7) is 9.53. The van der Waals surface area contributed by atoms with Gasteiger partial charge < -0.3 is 10.2 Å². The van der Waals surface area contributed by atoms with Crippen LogP contribution in [0, 0.1) is 6.92 Å². The maximum atomic E-state index is 13.6. The van der Waals surface area contributed by atoms with Crippen LogP contribution in [0.4, 0.5) is 5.82 Å². The Morgan fingerprint density at radius 3 is 2.24 bits per heavy atom. The number of aromatic nitrogens is 1. The number of amides is 1. The zero-order valence-corrected chi connectivity index (χ0v) is 21.4. The molecule has 0 spiro atoms. The number of carbonyl (C=O) groups excluding carboxylic acids is 1. The number of hydrogen-bond acceptors (Lipinski definition) is 3. The molecule has 0 fully saturated rings. The highest BCUT2D eigenvalue weighted by molar-refractivity contribution is 6.42. The van der Waals surface area contributed by atoms with Crippen LogP contribution in [-0.2, 0) is 18.4 Å². The predicted octanol–water partition coefficient (Wildman–Crippen LogP) is 6.92. The van der Waals surface area contributed by atoms with Crippen molar-refractivity contribution in [1.82, 2.24) is 9.88 Å². The van der Waals surface area contributed by atoms with E-state index in [1.807, 2.05) is 36.1 Å². The molecule has 1 aromatic heterocycles. The number of rotatable bonds is 7. The molecule has 0 unspecified atom stereocenters. The Kier molecular flexibility index (Phi) is 8.04. The Labute approximate surface area is 206 Å². The number of halogens is 2. The first-order chi connectivity index (χ1) is 15.6. The highest BCUT2D eigenvalue weighted by Gasteiger charge is 2.21. The number of hydrogen-bond donors (Lipinski definition) is 1. The second-order valence-corrected chi connectivity index (χ2v) is 10.1. The van der Waals surface area contributed by atoms with E-state index >= 15 is 0 Å². The fourth-order valence-corrected chi connectivity index (χ4v) is 3.95. The van der Waals surface area contributed by atoms with Crippen LogP contribution in [-0.4, -0.2) is 29.4 Å². The molecule has 3 aromatic rings. The molecule has 174 valence electrons. The molecule has 33 heavy (non-hydrogen) atoms. The Morgan fingerprint density at radius 1 is 0.970 bits per heavy atom. The van der Waals surface area contributed by atoms with Gasteiger partial charge in [-0.2, -0.15) is 0 Å². The van der Waals surface area contributed by atoms with Crippen molar-refractivity contribution in [3.63, 3.8) is 0 Å². The zero-order chi connectivity index (χ0) is 24.2. The molecule has 6 heteroatoms. The van der Waals surface area contributed by atoms with Crippen LogP contribution in [0.3, 0.4) is 0 Å². The van der Waals surface area contributed by atoms with Crippen LogP contribution in [0.2, 0.25) is 10.0 Å². The van der Waals surface area contributed by atoms with E-state index in [9.17, 15) is 4.79 Å². The third-order valence-corrected chi connectivity index (χ3v) is 6.38. The van der Waals surface area contributed by atoms with Crippen molar-refractivity contribution >= 4 is 34.9 Å². The molecule has 4 nitrogen and oxygen atoms in total. The normalized spacial score (nSPS) is 11.4. The Balaban J connectivity index is 1.88. The number of nitrogens with zero attached hydrogens (tertiary/aromatic N) is 2. The highest BCUT2D eigenvalue weighted by Crippen LogP contribution is 2.25. The Hall–Kier alpha value is -2.56. The zero-order valence-electron chi connectivity index (χ0n) is 19.9. The van der Waals surface area contributed by atoms with E-state index in [2.05, 4.69) is 55.3 Å². The maximum Gasteiger partial charge on any atom is 0.257 e. The van der Waals surface area contributed by atoms with Gasteiger partial charge in [-0.1, -0.05) is 74.3 Å². The molecule has 0 aliphatic carbocycles. The molecule has 0 radical (unpaired) electrons. The van der Waals surface area contributed by atoms with Gasteiger partial charge >= 0.3 is 0 Å². The largest absolute Gasteiger partial charge is 0.372 e. The minimum absolute atomic E-state index is 0.0631. The first kappa shape index (κ1) is 25.1. The van der Waals surface area contributed by atoms with Crippen molar-refractivity contribution in [2.24, 2.45) is 0 Å². The lowest BCUT2D eigenvalue weighted by molar-refractivity contribution is 0.0745. The van der Waals surface area contributed by atoms with Gasteiger partial charge in [0.25, 0.3) is 5.91 Å². The van der Waals surface area contributed by atoms with Crippen molar-refractivity contribution in [2.45, 2.75) is 46.1 Å². The summed E-state index contributed by atoms with van der Waals surface area (Å²) in [5.74, 6) is 0.523. The molecule has 0 aliphatic heterocycles. The van der Waals surface area contributed by atoms with Crippen molar-refractivity contribution < 1.29 is 4.79 Å². The van der Waals surface area contributed by atoms with E-state index in [0.717, 1.165) is 16.8 Å². The van der Waals surface area contributed by atoms with Crippen molar-refractivity contribution in [1.29, 1.82) is 0 Å². The molecule has 0 atom stereocenters. The van der Waals surface area contributed by atoms with Crippen LogP contribution in [0.15, 0.2) is 54.6 Å². The van der Waals surface area contributed by atoms with Gasteiger partial charge in [0, 0.05) is 25.8 Å². The quantitative estimate of drug-likeness (QED) is 0.396. The number of anilines is 1. The van der Waals surface area contributed by atoms with Gasteiger partial charge in [-0.15, -0.1) is 0 Å². The van der Waals surface area contributed by atoms with Gasteiger partial charge in [-0.3, -0.25) is 4.79 Å². The van der Waals surface area contributed by atoms with E-state index in [1.165, 1.54) is 5.56 Å². The van der Waals surface area contributed by atoms with Gasteiger partial charge in [0.2, 0.25) is 0 Å². The van der Waals surface area contributed by atoms with E-state index in [1.54, 1.807) is 13.1 Å². The van der Waals surface area contributed by atoms with Gasteiger partial charge in [-0.05, 0) is 59.7 Å². The van der Waals surface area contributed by atoms with Crippen molar-refractivity contribution in [3.05, 3.63) is 92.6 Å². The number of pyridine rings is 1. The number of aryl methyl sites for hydroxylation is 1. The lowest BCUT2D eigenvalue weighted by atomic mass is 9.87. The lowest BCUT2D eigenvalue weighted by Crippen LogP contribution is -2.33. The van der Waals surface area contributed by atoms with E-state index in [-0.39, 0.29) is 11.3 Å². The van der Waals surface area contributed by atoms with Crippen LogP contribution in [0.25, 0.3) is 0 Å². The molecule has 2 aromatic carbocycles. The summed E-state index contributed by atoms with van der Waals surface area (Å²) < 4.78 is 0. The number of carbonyl (C=O) groups is 1. The minimum atomic E-state index is -0.0631. The first-order valence-electron chi connectivity index (χ1n) is 11.1. The lowest BCUT2D eigenvalue weighted by Gasteiger charge is -2.25. The summed E-state index contributed by atoms with van der Waals surface area (Å²) in [7, 11) is 1.78. The molecule has 1 N–H and O–H groups in total. The minimum Gasteiger partial charge on any atom is -0.372 e. The van der Waals surface area contributed by atoms with Gasteiger partial charge in [0.1, 0.15) is 5.82 Å². The molecular formula is C27H31Cl2N3O. The third-order valence-electron chi connectivity index (χ3n) is 5.64. The topological polar surface area (TPSA) is 45.2 Å². The summed E-state index contributed by atoms with van der Waals surface area (Å²) in [6.07, 6.45) is 0.664. The molecular weight excluding hydrogens is 453 g/mol. The summed E-state index contributed by atoms with van der Waals surface area (Å²) >= 11 is 12.3. The summed E-state index contributed by atoms with van der Waals surface area (Å²) in [6, 6.07) is 17.8. The van der Waals surface area contributed by atoms with Crippen molar-refractivity contribution in [3.8, 4) is 0 Å². The van der Waals surface area contributed by atoms with Crippen LogP contribution in [0.5, 0.6) is 0 Å². The van der Waals surface area contributed by atoms with Crippen LogP contribution in [0.1, 0.15) is 53.5 Å². The van der Waals surface area contributed by atoms with E-state index < -0.39 is 0 Å². The molecule has 0 aliphatic rings. The van der Waals surface area contributed by atoms with E-state index in [4.69, 9.17) is 23.2 Å². The molecule has 0 bridgehead atoms. The predicted molar refractivity (Wildman–Crippen MR) is 139 cm³/mol. The van der Waals surface area contributed by atoms with Crippen LogP contribution < -0.4 is 5.32 Å². The first-order valence-corrected chi connectivity index (χ1v) is 11.8. The smallest absolute Gasteiger partial charge is 0.257 e. The highest BCUT2D eigenvalue weighted by atomic mass is 35.5. The third kappa shape index (κ3) is 6.49. The SMILES string of the molecule is CNc1nc(C)ccc1C(=O)N(CCc1ccc(Cl)c(Cl)c1)Cc1ccc(C(C)(C)C)cc1. The Morgan fingerprint density at radius 2 is 1.64 bits per heavy atom. The molecule has 0 saturated carbocycles. The molecule has 3 rings (SSSR count). The molecule has 1 heterocycles. The van der Waals surface area contributed by atoms with Gasteiger partial charge in [0.15, 0.2) is 0 Å². The Bertz CT molecular complexity index is 1120. The molecule has 0 saturated heterocycles. The summed E-state index contributed by atoms with van der Waals surface area (Å²) in [5.41, 5.74) is 4.87. The standard InChI is InChI=1S/C27H31Cl2N3O/c1-18-6-12-22(25(30-5)31-18)26(33)32(15-14-19-9-13-23(28)24(29)16-19)17-20-7-10-21(11-8-20)27(2,3)4/h6-13,16H,14-15,17H2,1-5H3,(H,30,31). The monoisotopic (exact) mass is 483 g/mol. The average Bonchev–Trinajstić information content (AvgIpc) is 2.78. The second-order valence-electron chi connectivity index (χ2n) is 9.27. The average molecular weight is 484 g/mol. The number of nitrogens with one attached hydrogen (secondary N) is 1. The van der Waals surface area contributed by atoms with Crippen LogP contribution >= 0.6 is 23.2 Å². The number of benzene rings is 2. The maximum absolute atomic E-state index is 13.6.